The van der Waals surface area contributed by atoms with Crippen molar-refractivity contribution in [3.63, 3.8) is 0 Å². The van der Waals surface area contributed by atoms with Crippen LogP contribution in [0.2, 0.25) is 0 Å². The third-order valence-corrected chi connectivity index (χ3v) is 2.12. The molecule has 0 aliphatic heterocycles. The molecule has 4 heteroatoms. The fourth-order valence-corrected chi connectivity index (χ4v) is 1.10. The first-order valence-corrected chi connectivity index (χ1v) is 5.60. The van der Waals surface area contributed by atoms with Crippen molar-refractivity contribution in [2.45, 2.75) is 45.3 Å². The topological polar surface area (TPSA) is 64.7 Å². The molecule has 4 nitrogen and oxygen atoms in total. The predicted molar refractivity (Wildman–Crippen MR) is 60.8 cm³/mol. The minimum Gasteiger partial charge on any atom is -0.389 e. The van der Waals surface area contributed by atoms with E-state index >= 15 is 0 Å². The van der Waals surface area contributed by atoms with Crippen LogP contribution in [0.25, 0.3) is 0 Å². The predicted octanol–water partition coefficient (Wildman–Crippen LogP) is 0.918. The maximum atomic E-state index is 9.59. The van der Waals surface area contributed by atoms with E-state index in [1.54, 1.807) is 6.92 Å². The van der Waals surface area contributed by atoms with Gasteiger partial charge in [-0.05, 0) is 33.6 Å². The number of nitrogens with two attached hydrogens (primary N) is 1. The Morgan fingerprint density at radius 3 is 2.47 bits per heavy atom. The van der Waals surface area contributed by atoms with Gasteiger partial charge in [-0.3, -0.25) is 0 Å². The van der Waals surface area contributed by atoms with Crippen LogP contribution in [-0.4, -0.2) is 43.2 Å². The first kappa shape index (κ1) is 14.8. The average Bonchev–Trinajstić information content (AvgIpc) is 2.16. The second-order valence-electron chi connectivity index (χ2n) is 4.34. The summed E-state index contributed by atoms with van der Waals surface area (Å²) < 4.78 is 10.7. The zero-order valence-electron chi connectivity index (χ0n) is 10.2. The molecule has 1 unspecified atom stereocenters. The van der Waals surface area contributed by atoms with Gasteiger partial charge in [-0.2, -0.15) is 0 Å². The summed E-state index contributed by atoms with van der Waals surface area (Å²) in [6.45, 7) is 7.93. The van der Waals surface area contributed by atoms with Gasteiger partial charge in [0.2, 0.25) is 0 Å². The monoisotopic (exact) mass is 219 g/mol. The molecule has 0 aromatic heterocycles. The molecular formula is C11H25NO3. The Labute approximate surface area is 92.7 Å². The van der Waals surface area contributed by atoms with Gasteiger partial charge in [0.15, 0.2) is 0 Å². The Balaban J connectivity index is 3.18. The lowest BCUT2D eigenvalue weighted by Gasteiger charge is -2.20. The van der Waals surface area contributed by atoms with Gasteiger partial charge in [-0.1, -0.05) is 0 Å². The first-order chi connectivity index (χ1) is 6.98. The zero-order valence-corrected chi connectivity index (χ0v) is 10.2. The maximum absolute atomic E-state index is 9.59. The molecule has 0 aliphatic carbocycles. The standard InChI is InChI=1S/C11H25NO3/c1-10(2)15-8-7-14-6-4-5-11(3,13)9-12/h10,13H,4-9,12H2,1-3H3. The van der Waals surface area contributed by atoms with Crippen LogP contribution in [0.5, 0.6) is 0 Å². The van der Waals surface area contributed by atoms with Crippen molar-refractivity contribution in [3.05, 3.63) is 0 Å². The van der Waals surface area contributed by atoms with Gasteiger partial charge >= 0.3 is 0 Å². The fraction of sp³-hybridized carbons (Fsp3) is 1.00. The van der Waals surface area contributed by atoms with E-state index in [4.69, 9.17) is 15.2 Å². The SMILES string of the molecule is CC(C)OCCOCCCC(C)(O)CN. The van der Waals surface area contributed by atoms with Crippen LogP contribution >= 0.6 is 0 Å². The Kier molecular flexibility index (Phi) is 7.96. The average molecular weight is 219 g/mol. The Morgan fingerprint density at radius 2 is 1.93 bits per heavy atom. The van der Waals surface area contributed by atoms with Crippen LogP contribution in [-0.2, 0) is 9.47 Å². The summed E-state index contributed by atoms with van der Waals surface area (Å²) in [7, 11) is 0. The minimum atomic E-state index is -0.752. The molecule has 0 saturated carbocycles. The van der Waals surface area contributed by atoms with Crippen molar-refractivity contribution in [1.82, 2.24) is 0 Å². The van der Waals surface area contributed by atoms with Crippen LogP contribution < -0.4 is 5.73 Å². The van der Waals surface area contributed by atoms with Crippen molar-refractivity contribution in [2.75, 3.05) is 26.4 Å². The fourth-order valence-electron chi connectivity index (χ4n) is 1.10. The summed E-state index contributed by atoms with van der Waals surface area (Å²) in [4.78, 5) is 0. The largest absolute Gasteiger partial charge is 0.389 e. The van der Waals surface area contributed by atoms with Gasteiger partial charge in [0.05, 0.1) is 24.9 Å². The smallest absolute Gasteiger partial charge is 0.0742 e. The summed E-state index contributed by atoms with van der Waals surface area (Å²) in [5, 5.41) is 9.59. The van der Waals surface area contributed by atoms with E-state index in [-0.39, 0.29) is 6.10 Å². The lowest BCUT2D eigenvalue weighted by Crippen LogP contribution is -2.34. The van der Waals surface area contributed by atoms with Gasteiger partial charge in [0.25, 0.3) is 0 Å². The van der Waals surface area contributed by atoms with Crippen LogP contribution in [0.1, 0.15) is 33.6 Å². The van der Waals surface area contributed by atoms with E-state index in [1.165, 1.54) is 0 Å². The van der Waals surface area contributed by atoms with Crippen LogP contribution in [0.4, 0.5) is 0 Å². The van der Waals surface area contributed by atoms with E-state index in [2.05, 4.69) is 0 Å². The minimum absolute atomic E-state index is 0.256. The van der Waals surface area contributed by atoms with E-state index < -0.39 is 5.60 Å². The second-order valence-corrected chi connectivity index (χ2v) is 4.34. The highest BCUT2D eigenvalue weighted by Gasteiger charge is 2.16. The van der Waals surface area contributed by atoms with E-state index in [1.807, 2.05) is 13.8 Å². The number of aliphatic hydroxyl groups is 1. The number of hydrogen-bond acceptors (Lipinski definition) is 4. The van der Waals surface area contributed by atoms with Crippen LogP contribution in [0.3, 0.4) is 0 Å². The molecule has 0 aromatic rings. The molecule has 0 aliphatic rings. The van der Waals surface area contributed by atoms with E-state index in [9.17, 15) is 5.11 Å². The molecule has 3 N–H and O–H groups in total. The molecule has 0 bridgehead atoms. The summed E-state index contributed by atoms with van der Waals surface area (Å²) in [5.41, 5.74) is 4.64. The molecule has 1 atom stereocenters. The molecule has 0 amide bonds. The molecule has 92 valence electrons. The molecule has 0 fully saturated rings. The van der Waals surface area contributed by atoms with Gasteiger partial charge in [0.1, 0.15) is 0 Å². The highest BCUT2D eigenvalue weighted by molar-refractivity contribution is 4.72. The summed E-state index contributed by atoms with van der Waals surface area (Å²) in [6, 6.07) is 0. The Morgan fingerprint density at radius 1 is 1.27 bits per heavy atom. The molecular weight excluding hydrogens is 194 g/mol. The van der Waals surface area contributed by atoms with Gasteiger partial charge in [0, 0.05) is 13.2 Å². The summed E-state index contributed by atoms with van der Waals surface area (Å²) in [5.74, 6) is 0. The Bertz CT molecular complexity index is 149. The molecule has 0 spiro atoms. The van der Waals surface area contributed by atoms with E-state index in [0.717, 1.165) is 6.42 Å². The van der Waals surface area contributed by atoms with Crippen molar-refractivity contribution in [3.8, 4) is 0 Å². The Hall–Kier alpha value is -0.160. The normalized spacial score (nSPS) is 15.6. The molecule has 15 heavy (non-hydrogen) atoms. The lowest BCUT2D eigenvalue weighted by molar-refractivity contribution is 0.00936. The number of ether oxygens (including phenoxy) is 2. The molecule has 0 heterocycles. The van der Waals surface area contributed by atoms with Gasteiger partial charge in [-0.15, -0.1) is 0 Å². The summed E-state index contributed by atoms with van der Waals surface area (Å²) >= 11 is 0. The zero-order chi connectivity index (χ0) is 11.7. The maximum Gasteiger partial charge on any atom is 0.0742 e. The number of hydrogen-bond donors (Lipinski definition) is 2. The van der Waals surface area contributed by atoms with Gasteiger partial charge < -0.3 is 20.3 Å². The highest BCUT2D eigenvalue weighted by atomic mass is 16.5. The van der Waals surface area contributed by atoms with Crippen molar-refractivity contribution in [1.29, 1.82) is 0 Å². The third kappa shape index (κ3) is 10.1. The second kappa shape index (κ2) is 8.05. The lowest BCUT2D eigenvalue weighted by atomic mass is 10.0. The number of rotatable bonds is 9. The molecule has 0 radical (unpaired) electrons. The molecule has 0 saturated heterocycles. The van der Waals surface area contributed by atoms with Crippen molar-refractivity contribution >= 4 is 0 Å². The van der Waals surface area contributed by atoms with Crippen LogP contribution in [0.15, 0.2) is 0 Å². The van der Waals surface area contributed by atoms with Crippen molar-refractivity contribution < 1.29 is 14.6 Å². The molecule has 0 aromatic carbocycles. The quantitative estimate of drug-likeness (QED) is 0.566. The summed E-state index contributed by atoms with van der Waals surface area (Å²) in [6.07, 6.45) is 1.76. The first-order valence-electron chi connectivity index (χ1n) is 5.60. The molecule has 0 rings (SSSR count). The highest BCUT2D eigenvalue weighted by Crippen LogP contribution is 2.09. The van der Waals surface area contributed by atoms with Crippen molar-refractivity contribution in [2.24, 2.45) is 5.73 Å². The third-order valence-electron chi connectivity index (χ3n) is 2.12. The van der Waals surface area contributed by atoms with Gasteiger partial charge in [-0.25, -0.2) is 0 Å². The van der Waals surface area contributed by atoms with Crippen LogP contribution in [0, 0.1) is 0 Å². The van der Waals surface area contributed by atoms with E-state index in [0.29, 0.717) is 32.8 Å².